The lowest BCUT2D eigenvalue weighted by Gasteiger charge is -2.13. The Kier molecular flexibility index (Phi) is 5.58. The minimum Gasteiger partial charge on any atom is -0.497 e. The molecule has 1 atom stereocenters. The van der Waals surface area contributed by atoms with Crippen LogP contribution in [0, 0.1) is 0 Å². The molecule has 0 aliphatic carbocycles. The summed E-state index contributed by atoms with van der Waals surface area (Å²) in [4.78, 5) is 20.2. The van der Waals surface area contributed by atoms with Gasteiger partial charge in [0, 0.05) is 11.1 Å². The first kappa shape index (κ1) is 18.4. The molecule has 136 valence electrons. The van der Waals surface area contributed by atoms with Crippen LogP contribution < -0.4 is 14.8 Å². The van der Waals surface area contributed by atoms with Gasteiger partial charge in [-0.2, -0.15) is 0 Å². The Balaban J connectivity index is 1.72. The SMILES string of the molecule is COc1ccc2nc(SC(C)C(=O)Nc3cc(Cl)ccc3OC)[nH]c2c1. The molecule has 6 nitrogen and oxygen atoms in total. The second-order valence-electron chi connectivity index (χ2n) is 5.52. The summed E-state index contributed by atoms with van der Waals surface area (Å²) < 4.78 is 10.5. The highest BCUT2D eigenvalue weighted by Crippen LogP contribution is 2.30. The second-order valence-corrected chi connectivity index (χ2v) is 7.28. The summed E-state index contributed by atoms with van der Waals surface area (Å²) in [6, 6.07) is 10.7. The van der Waals surface area contributed by atoms with Gasteiger partial charge in [0.25, 0.3) is 0 Å². The Labute approximate surface area is 160 Å². The Morgan fingerprint density at radius 3 is 2.77 bits per heavy atom. The number of carbonyl (C=O) groups is 1. The number of imidazole rings is 1. The fourth-order valence-corrected chi connectivity index (χ4v) is 3.37. The molecule has 3 rings (SSSR count). The van der Waals surface area contributed by atoms with Crippen molar-refractivity contribution in [2.24, 2.45) is 0 Å². The van der Waals surface area contributed by atoms with Gasteiger partial charge in [-0.3, -0.25) is 4.79 Å². The van der Waals surface area contributed by atoms with E-state index in [0.717, 1.165) is 16.8 Å². The third-order valence-corrected chi connectivity index (χ3v) is 4.96. The molecule has 2 N–H and O–H groups in total. The Bertz CT molecular complexity index is 945. The van der Waals surface area contributed by atoms with Crippen LogP contribution in [0.5, 0.6) is 11.5 Å². The smallest absolute Gasteiger partial charge is 0.237 e. The Morgan fingerprint density at radius 1 is 1.23 bits per heavy atom. The van der Waals surface area contributed by atoms with E-state index < -0.39 is 0 Å². The van der Waals surface area contributed by atoms with Crippen LogP contribution in [0.2, 0.25) is 5.02 Å². The number of carbonyl (C=O) groups excluding carboxylic acids is 1. The van der Waals surface area contributed by atoms with Crippen LogP contribution in [0.15, 0.2) is 41.6 Å². The highest BCUT2D eigenvalue weighted by molar-refractivity contribution is 8.00. The standard InChI is InChI=1S/C18H18ClN3O3S/c1-10(17(23)20-15-8-11(19)4-7-16(15)25-3)26-18-21-13-6-5-12(24-2)9-14(13)22-18/h4-10H,1-3H3,(H,20,23)(H,21,22). The van der Waals surface area contributed by atoms with E-state index in [-0.39, 0.29) is 11.2 Å². The molecule has 8 heteroatoms. The number of halogens is 1. The Morgan fingerprint density at radius 2 is 2.04 bits per heavy atom. The first-order valence-electron chi connectivity index (χ1n) is 7.85. The average molecular weight is 392 g/mol. The summed E-state index contributed by atoms with van der Waals surface area (Å²) in [5, 5.41) is 3.65. The molecule has 0 saturated heterocycles. The molecule has 1 heterocycles. The lowest BCUT2D eigenvalue weighted by molar-refractivity contribution is -0.115. The van der Waals surface area contributed by atoms with Crippen molar-refractivity contribution in [2.75, 3.05) is 19.5 Å². The molecule has 0 fully saturated rings. The summed E-state index contributed by atoms with van der Waals surface area (Å²) in [7, 11) is 3.16. The number of nitrogens with one attached hydrogen (secondary N) is 2. The zero-order valence-corrected chi connectivity index (χ0v) is 16.1. The van der Waals surface area contributed by atoms with Crippen LogP contribution in [-0.2, 0) is 4.79 Å². The number of thioether (sulfide) groups is 1. The van der Waals surface area contributed by atoms with Gasteiger partial charge in [-0.05, 0) is 37.3 Å². The van der Waals surface area contributed by atoms with Crippen LogP contribution in [0.4, 0.5) is 5.69 Å². The summed E-state index contributed by atoms with van der Waals surface area (Å²) in [6.45, 7) is 1.81. The molecule has 1 aromatic heterocycles. The van der Waals surface area contributed by atoms with Crippen molar-refractivity contribution in [1.82, 2.24) is 9.97 Å². The van der Waals surface area contributed by atoms with Gasteiger partial charge in [-0.25, -0.2) is 4.98 Å². The van der Waals surface area contributed by atoms with E-state index >= 15 is 0 Å². The number of amides is 1. The lowest BCUT2D eigenvalue weighted by atomic mass is 10.3. The van der Waals surface area contributed by atoms with E-state index in [1.807, 2.05) is 25.1 Å². The first-order valence-corrected chi connectivity index (χ1v) is 9.10. The van der Waals surface area contributed by atoms with E-state index in [1.54, 1.807) is 32.4 Å². The van der Waals surface area contributed by atoms with Crippen molar-refractivity contribution in [1.29, 1.82) is 0 Å². The summed E-state index contributed by atoms with van der Waals surface area (Å²) >= 11 is 7.33. The molecule has 2 aromatic carbocycles. The molecule has 1 amide bonds. The number of nitrogens with zero attached hydrogens (tertiary/aromatic N) is 1. The number of benzene rings is 2. The van der Waals surface area contributed by atoms with E-state index in [1.165, 1.54) is 11.8 Å². The van der Waals surface area contributed by atoms with Crippen LogP contribution >= 0.6 is 23.4 Å². The number of aromatic amines is 1. The normalized spacial score (nSPS) is 12.0. The third kappa shape index (κ3) is 4.05. The number of anilines is 1. The van der Waals surface area contributed by atoms with Gasteiger partial charge < -0.3 is 19.8 Å². The van der Waals surface area contributed by atoms with Gasteiger partial charge in [0.2, 0.25) is 5.91 Å². The maximum Gasteiger partial charge on any atom is 0.237 e. The number of ether oxygens (including phenoxy) is 2. The maximum atomic E-state index is 12.5. The van der Waals surface area contributed by atoms with Crippen LogP contribution in [0.3, 0.4) is 0 Å². The zero-order valence-electron chi connectivity index (χ0n) is 14.5. The molecule has 1 unspecified atom stereocenters. The van der Waals surface area contributed by atoms with E-state index in [0.29, 0.717) is 21.6 Å². The lowest BCUT2D eigenvalue weighted by Crippen LogP contribution is -2.22. The van der Waals surface area contributed by atoms with Gasteiger partial charge in [-0.15, -0.1) is 0 Å². The van der Waals surface area contributed by atoms with Gasteiger partial charge in [0.1, 0.15) is 11.5 Å². The van der Waals surface area contributed by atoms with Gasteiger partial charge in [0.05, 0.1) is 36.2 Å². The summed E-state index contributed by atoms with van der Waals surface area (Å²) in [5.74, 6) is 1.13. The molecular formula is C18H18ClN3O3S. The molecule has 0 radical (unpaired) electrons. The minimum absolute atomic E-state index is 0.173. The van der Waals surface area contributed by atoms with E-state index in [9.17, 15) is 4.79 Å². The number of hydrogen-bond donors (Lipinski definition) is 2. The second kappa shape index (κ2) is 7.88. The van der Waals surface area contributed by atoms with Crippen LogP contribution in [-0.4, -0.2) is 35.3 Å². The monoisotopic (exact) mass is 391 g/mol. The fourth-order valence-electron chi connectivity index (χ4n) is 2.38. The Hall–Kier alpha value is -2.38. The largest absolute Gasteiger partial charge is 0.497 e. The number of rotatable bonds is 6. The van der Waals surface area contributed by atoms with E-state index in [4.69, 9.17) is 21.1 Å². The van der Waals surface area contributed by atoms with Crippen LogP contribution in [0.1, 0.15) is 6.92 Å². The van der Waals surface area contributed by atoms with Gasteiger partial charge in [-0.1, -0.05) is 23.4 Å². The minimum atomic E-state index is -0.374. The van der Waals surface area contributed by atoms with E-state index in [2.05, 4.69) is 15.3 Å². The quantitative estimate of drug-likeness (QED) is 0.611. The predicted molar refractivity (Wildman–Crippen MR) is 105 cm³/mol. The topological polar surface area (TPSA) is 76.2 Å². The maximum absolute atomic E-state index is 12.5. The fraction of sp³-hybridized carbons (Fsp3) is 0.222. The summed E-state index contributed by atoms with van der Waals surface area (Å²) in [5.41, 5.74) is 2.21. The van der Waals surface area contributed by atoms with Crippen molar-refractivity contribution >= 4 is 46.0 Å². The number of methoxy groups -OCH3 is 2. The highest BCUT2D eigenvalue weighted by Gasteiger charge is 2.18. The third-order valence-electron chi connectivity index (χ3n) is 3.74. The highest BCUT2D eigenvalue weighted by atomic mass is 35.5. The first-order chi connectivity index (χ1) is 12.5. The molecule has 0 aliphatic rings. The van der Waals surface area contributed by atoms with Crippen LogP contribution in [0.25, 0.3) is 11.0 Å². The molecule has 0 saturated carbocycles. The number of aromatic nitrogens is 2. The van der Waals surface area contributed by atoms with Crippen molar-refractivity contribution < 1.29 is 14.3 Å². The summed E-state index contributed by atoms with van der Waals surface area (Å²) in [6.07, 6.45) is 0. The molecule has 0 spiro atoms. The van der Waals surface area contributed by atoms with Crippen molar-refractivity contribution in [3.8, 4) is 11.5 Å². The van der Waals surface area contributed by atoms with Crippen molar-refractivity contribution in [3.63, 3.8) is 0 Å². The number of H-pyrrole nitrogens is 1. The zero-order chi connectivity index (χ0) is 18.7. The number of hydrogen-bond acceptors (Lipinski definition) is 5. The van der Waals surface area contributed by atoms with Gasteiger partial charge >= 0.3 is 0 Å². The molecule has 0 bridgehead atoms. The molecule has 26 heavy (non-hydrogen) atoms. The predicted octanol–water partition coefficient (Wildman–Crippen LogP) is 4.35. The molecule has 0 aliphatic heterocycles. The average Bonchev–Trinajstić information content (AvgIpc) is 3.03. The van der Waals surface area contributed by atoms with Crippen molar-refractivity contribution in [3.05, 3.63) is 41.4 Å². The number of fused-ring (bicyclic) bond motifs is 1. The van der Waals surface area contributed by atoms with Crippen molar-refractivity contribution in [2.45, 2.75) is 17.3 Å². The van der Waals surface area contributed by atoms with Gasteiger partial charge in [0.15, 0.2) is 5.16 Å². The molecular weight excluding hydrogens is 374 g/mol. The molecule has 3 aromatic rings.